The number of hydrogen-bond acceptors (Lipinski definition) is 4. The summed E-state index contributed by atoms with van der Waals surface area (Å²) in [5.41, 5.74) is 2.27. The highest BCUT2D eigenvalue weighted by atomic mass is 16.2. The molecule has 0 aliphatic carbocycles. The normalized spacial score (nSPS) is 10.6. The topological polar surface area (TPSA) is 81.8 Å². The van der Waals surface area contributed by atoms with E-state index < -0.39 is 5.91 Å². The molecule has 122 valence electrons. The molecule has 7 heteroatoms. The Bertz CT molecular complexity index is 911. The molecule has 0 atom stereocenters. The Morgan fingerprint density at radius 2 is 1.92 bits per heavy atom. The molecule has 0 radical (unpaired) electrons. The van der Waals surface area contributed by atoms with E-state index in [4.69, 9.17) is 0 Å². The number of nitrogens with one attached hydrogen (secondary N) is 1. The number of hydrogen-bond donors (Lipinski definition) is 1. The molecule has 7 nitrogen and oxygen atoms in total. The van der Waals surface area contributed by atoms with Crippen molar-refractivity contribution < 1.29 is 4.79 Å². The molecule has 0 spiro atoms. The molecule has 24 heavy (non-hydrogen) atoms. The van der Waals surface area contributed by atoms with Gasteiger partial charge in [0, 0.05) is 18.4 Å². The summed E-state index contributed by atoms with van der Waals surface area (Å²) in [4.78, 5) is 28.3. The van der Waals surface area contributed by atoms with Gasteiger partial charge in [-0.15, -0.1) is 0 Å². The Morgan fingerprint density at radius 1 is 1.17 bits per heavy atom. The molecule has 2 heterocycles. The number of carbonyl (C=O) groups excluding carboxylic acids is 1. The first kappa shape index (κ1) is 15.7. The fraction of sp³-hybridized carbons (Fsp3) is 0.176. The van der Waals surface area contributed by atoms with Gasteiger partial charge in [-0.3, -0.25) is 9.59 Å². The van der Waals surface area contributed by atoms with E-state index >= 15 is 0 Å². The Labute approximate surface area is 138 Å². The molecule has 0 saturated heterocycles. The van der Waals surface area contributed by atoms with Gasteiger partial charge in [-0.05, 0) is 36.8 Å². The van der Waals surface area contributed by atoms with Gasteiger partial charge in [0.05, 0.1) is 6.54 Å². The summed E-state index contributed by atoms with van der Waals surface area (Å²) in [6, 6.07) is 10.7. The fourth-order valence-corrected chi connectivity index (χ4v) is 2.29. The van der Waals surface area contributed by atoms with Crippen molar-refractivity contribution >= 4 is 11.6 Å². The van der Waals surface area contributed by atoms with Crippen LogP contribution in [0.15, 0.2) is 53.8 Å². The van der Waals surface area contributed by atoms with Crippen molar-refractivity contribution in [2.45, 2.75) is 13.5 Å². The third-order valence-corrected chi connectivity index (χ3v) is 3.82. The van der Waals surface area contributed by atoms with E-state index in [9.17, 15) is 9.59 Å². The summed E-state index contributed by atoms with van der Waals surface area (Å²) in [7, 11) is 1.65. The molecule has 3 rings (SSSR count). The Hall–Kier alpha value is -3.22. The van der Waals surface area contributed by atoms with E-state index in [1.807, 2.05) is 19.1 Å². The second-order valence-electron chi connectivity index (χ2n) is 5.50. The van der Waals surface area contributed by atoms with Gasteiger partial charge < -0.3 is 9.88 Å². The number of pyridine rings is 1. The molecule has 0 unspecified atom stereocenters. The standard InChI is InChI=1S/C17H17N5O2/c1-12-3-8-15(17(24)21(12)2)16(23)20-14-6-4-13(5-7-14)9-22-11-18-10-19-22/h3-8,10-11H,9H2,1-2H3,(H,20,23). The van der Waals surface area contributed by atoms with Crippen LogP contribution in [0, 0.1) is 6.92 Å². The zero-order chi connectivity index (χ0) is 17.1. The average Bonchev–Trinajstić information content (AvgIpc) is 3.07. The van der Waals surface area contributed by atoms with Crippen LogP contribution in [0.3, 0.4) is 0 Å². The predicted octanol–water partition coefficient (Wildman–Crippen LogP) is 1.59. The molecule has 0 saturated carbocycles. The number of nitrogens with zero attached hydrogens (tertiary/aromatic N) is 4. The number of aromatic nitrogens is 4. The predicted molar refractivity (Wildman–Crippen MR) is 89.9 cm³/mol. The molecule has 0 bridgehead atoms. The molecular weight excluding hydrogens is 306 g/mol. The molecule has 1 aromatic carbocycles. The van der Waals surface area contributed by atoms with Gasteiger partial charge in [0.15, 0.2) is 0 Å². The lowest BCUT2D eigenvalue weighted by molar-refractivity contribution is 0.102. The van der Waals surface area contributed by atoms with Gasteiger partial charge in [0.25, 0.3) is 11.5 Å². The molecule has 3 aromatic rings. The summed E-state index contributed by atoms with van der Waals surface area (Å²) < 4.78 is 3.17. The lowest BCUT2D eigenvalue weighted by atomic mass is 10.2. The van der Waals surface area contributed by atoms with Crippen molar-refractivity contribution in [3.05, 3.63) is 76.2 Å². The summed E-state index contributed by atoms with van der Waals surface area (Å²) in [5, 5.41) is 6.79. The van der Waals surface area contributed by atoms with Gasteiger partial charge in [-0.1, -0.05) is 12.1 Å². The van der Waals surface area contributed by atoms with Crippen molar-refractivity contribution in [3.8, 4) is 0 Å². The second kappa shape index (κ2) is 6.49. The van der Waals surface area contributed by atoms with Crippen LogP contribution in [0.25, 0.3) is 0 Å². The maximum Gasteiger partial charge on any atom is 0.263 e. The number of rotatable bonds is 4. The van der Waals surface area contributed by atoms with Crippen LogP contribution in [0.1, 0.15) is 21.6 Å². The minimum Gasteiger partial charge on any atom is -0.322 e. The SMILES string of the molecule is Cc1ccc(C(=O)Nc2ccc(Cn3cncn3)cc2)c(=O)n1C. The number of amides is 1. The molecule has 0 fully saturated rings. The lowest BCUT2D eigenvalue weighted by Gasteiger charge is -2.09. The molecule has 2 aromatic heterocycles. The van der Waals surface area contributed by atoms with Gasteiger partial charge in [-0.25, -0.2) is 9.67 Å². The van der Waals surface area contributed by atoms with E-state index in [0.717, 1.165) is 11.3 Å². The maximum absolute atomic E-state index is 12.3. The Kier molecular flexibility index (Phi) is 4.24. The van der Waals surface area contributed by atoms with Gasteiger partial charge >= 0.3 is 0 Å². The average molecular weight is 323 g/mol. The lowest BCUT2D eigenvalue weighted by Crippen LogP contribution is -2.28. The molecule has 1 N–H and O–H groups in total. The smallest absolute Gasteiger partial charge is 0.263 e. The number of aryl methyl sites for hydroxylation is 1. The third kappa shape index (κ3) is 3.24. The van der Waals surface area contributed by atoms with E-state index in [1.54, 1.807) is 42.3 Å². The molecule has 0 aliphatic rings. The summed E-state index contributed by atoms with van der Waals surface area (Å²) >= 11 is 0. The van der Waals surface area contributed by atoms with E-state index in [2.05, 4.69) is 15.4 Å². The zero-order valence-electron chi connectivity index (χ0n) is 13.4. The first-order valence-electron chi connectivity index (χ1n) is 7.44. The van der Waals surface area contributed by atoms with Crippen LogP contribution < -0.4 is 10.9 Å². The monoisotopic (exact) mass is 323 g/mol. The van der Waals surface area contributed by atoms with Crippen LogP contribution in [0.2, 0.25) is 0 Å². The molecule has 1 amide bonds. The van der Waals surface area contributed by atoms with Crippen LogP contribution in [-0.2, 0) is 13.6 Å². The van der Waals surface area contributed by atoms with Crippen molar-refractivity contribution in [1.82, 2.24) is 19.3 Å². The van der Waals surface area contributed by atoms with E-state index in [-0.39, 0.29) is 11.1 Å². The number of anilines is 1. The van der Waals surface area contributed by atoms with Crippen LogP contribution in [0.4, 0.5) is 5.69 Å². The minimum absolute atomic E-state index is 0.120. The van der Waals surface area contributed by atoms with Crippen molar-refractivity contribution in [1.29, 1.82) is 0 Å². The van der Waals surface area contributed by atoms with Crippen LogP contribution >= 0.6 is 0 Å². The van der Waals surface area contributed by atoms with Gasteiger partial charge in [0.2, 0.25) is 0 Å². The van der Waals surface area contributed by atoms with Gasteiger partial charge in [0.1, 0.15) is 18.2 Å². The van der Waals surface area contributed by atoms with Gasteiger partial charge in [-0.2, -0.15) is 5.10 Å². The van der Waals surface area contributed by atoms with Crippen LogP contribution in [0.5, 0.6) is 0 Å². The van der Waals surface area contributed by atoms with E-state index in [0.29, 0.717) is 12.2 Å². The minimum atomic E-state index is -0.417. The highest BCUT2D eigenvalue weighted by Crippen LogP contribution is 2.11. The summed E-state index contributed by atoms with van der Waals surface area (Å²) in [6.07, 6.45) is 3.12. The quantitative estimate of drug-likeness (QED) is 0.790. The summed E-state index contributed by atoms with van der Waals surface area (Å²) in [6.45, 7) is 2.42. The number of benzene rings is 1. The van der Waals surface area contributed by atoms with Crippen molar-refractivity contribution in [2.24, 2.45) is 7.05 Å². The third-order valence-electron chi connectivity index (χ3n) is 3.82. The second-order valence-corrected chi connectivity index (χ2v) is 5.50. The molecular formula is C17H17N5O2. The maximum atomic E-state index is 12.3. The highest BCUT2D eigenvalue weighted by molar-refractivity contribution is 6.04. The van der Waals surface area contributed by atoms with Crippen LogP contribution in [-0.4, -0.2) is 25.2 Å². The fourth-order valence-electron chi connectivity index (χ4n) is 2.29. The number of carbonyl (C=O) groups is 1. The van der Waals surface area contributed by atoms with Crippen molar-refractivity contribution in [2.75, 3.05) is 5.32 Å². The highest BCUT2D eigenvalue weighted by Gasteiger charge is 2.12. The van der Waals surface area contributed by atoms with Crippen molar-refractivity contribution in [3.63, 3.8) is 0 Å². The first-order chi connectivity index (χ1) is 11.5. The van der Waals surface area contributed by atoms with E-state index in [1.165, 1.54) is 10.9 Å². The largest absolute Gasteiger partial charge is 0.322 e. The first-order valence-corrected chi connectivity index (χ1v) is 7.44. The zero-order valence-corrected chi connectivity index (χ0v) is 13.4. The molecule has 0 aliphatic heterocycles. The Morgan fingerprint density at radius 3 is 2.58 bits per heavy atom. The Balaban J connectivity index is 1.73. The summed E-state index contributed by atoms with van der Waals surface area (Å²) in [5.74, 6) is -0.417.